The minimum Gasteiger partial charge on any atom is -0.305 e. The average molecular weight is 361 g/mol. The molecule has 0 N–H and O–H groups in total. The van der Waals surface area contributed by atoms with Crippen molar-refractivity contribution in [1.29, 1.82) is 0 Å². The molecule has 1 aromatic heterocycles. The third-order valence-corrected chi connectivity index (χ3v) is 5.93. The van der Waals surface area contributed by atoms with Crippen molar-refractivity contribution < 1.29 is 13.6 Å². The van der Waals surface area contributed by atoms with E-state index in [1.165, 1.54) is 0 Å². The molecule has 0 aliphatic rings. The van der Waals surface area contributed by atoms with E-state index in [0.29, 0.717) is 18.5 Å². The van der Waals surface area contributed by atoms with Crippen LogP contribution in [0.4, 0.5) is 0 Å². The van der Waals surface area contributed by atoms with E-state index in [9.17, 15) is 4.57 Å². The zero-order chi connectivity index (χ0) is 18.1. The van der Waals surface area contributed by atoms with Crippen LogP contribution >= 0.6 is 7.60 Å². The first-order valence-corrected chi connectivity index (χ1v) is 10.6. The molecular formula is C20H28NO3P. The van der Waals surface area contributed by atoms with Crippen LogP contribution in [0, 0.1) is 6.92 Å². The molecule has 0 unspecified atom stereocenters. The number of rotatable bonds is 10. The Kier molecular flexibility index (Phi) is 7.83. The number of aromatic nitrogens is 1. The number of nitrogens with zero attached hydrogens (tertiary/aromatic N) is 1. The normalized spacial score (nSPS) is 11.6. The summed E-state index contributed by atoms with van der Waals surface area (Å²) in [7, 11) is -3.39. The molecule has 0 aliphatic carbocycles. The highest BCUT2D eigenvalue weighted by Gasteiger charge is 2.31. The summed E-state index contributed by atoms with van der Waals surface area (Å²) in [6.45, 7) is 7.02. The van der Waals surface area contributed by atoms with E-state index in [0.717, 1.165) is 42.5 Å². The van der Waals surface area contributed by atoms with Crippen LogP contribution in [-0.4, -0.2) is 18.2 Å². The summed E-state index contributed by atoms with van der Waals surface area (Å²) in [5, 5.41) is 0.601. The number of benzene rings is 1. The minimum atomic E-state index is -3.39. The fourth-order valence-electron chi connectivity index (χ4n) is 2.45. The van der Waals surface area contributed by atoms with Gasteiger partial charge in [0.25, 0.3) is 0 Å². The Hall–Kier alpha value is -1.48. The standard InChI is InChI=1S/C20H28NO3P/c1-4-6-14-23-25(22,24-15-7-5-2)20-12-11-17(3)16-18(20)19-10-8-9-13-21-19/h8-13,16H,4-7,14-15H2,1-3H3. The van der Waals surface area contributed by atoms with Crippen LogP contribution in [0.3, 0.4) is 0 Å². The fraction of sp³-hybridized carbons (Fsp3) is 0.450. The van der Waals surface area contributed by atoms with Crippen molar-refractivity contribution in [2.24, 2.45) is 0 Å². The Morgan fingerprint density at radius 2 is 1.68 bits per heavy atom. The second-order valence-electron chi connectivity index (χ2n) is 6.11. The van der Waals surface area contributed by atoms with Gasteiger partial charge in [-0.2, -0.15) is 0 Å². The highest BCUT2D eigenvalue weighted by molar-refractivity contribution is 7.62. The molecule has 0 aliphatic heterocycles. The van der Waals surface area contributed by atoms with E-state index < -0.39 is 7.60 Å². The maximum absolute atomic E-state index is 13.6. The van der Waals surface area contributed by atoms with E-state index in [-0.39, 0.29) is 0 Å². The first-order valence-electron chi connectivity index (χ1n) is 9.02. The van der Waals surface area contributed by atoms with Crippen LogP contribution in [0.2, 0.25) is 0 Å². The topological polar surface area (TPSA) is 48.4 Å². The molecule has 0 saturated heterocycles. The SMILES string of the molecule is CCCCOP(=O)(OCCCC)c1ccc(C)cc1-c1ccccn1. The summed E-state index contributed by atoms with van der Waals surface area (Å²) < 4.78 is 25.2. The lowest BCUT2D eigenvalue weighted by molar-refractivity contribution is 0.208. The Morgan fingerprint density at radius 3 is 2.24 bits per heavy atom. The van der Waals surface area contributed by atoms with Crippen molar-refractivity contribution in [3.8, 4) is 11.3 Å². The van der Waals surface area contributed by atoms with E-state index in [4.69, 9.17) is 9.05 Å². The molecule has 1 heterocycles. The highest BCUT2D eigenvalue weighted by atomic mass is 31.2. The fourth-order valence-corrected chi connectivity index (χ4v) is 4.27. The second kappa shape index (κ2) is 9.86. The molecule has 2 rings (SSSR count). The summed E-state index contributed by atoms with van der Waals surface area (Å²) in [4.78, 5) is 4.42. The van der Waals surface area contributed by atoms with Gasteiger partial charge in [0.2, 0.25) is 0 Å². The lowest BCUT2D eigenvalue weighted by Crippen LogP contribution is -2.15. The van der Waals surface area contributed by atoms with Crippen LogP contribution in [0.1, 0.15) is 45.1 Å². The Balaban J connectivity index is 2.43. The molecular weight excluding hydrogens is 333 g/mol. The van der Waals surface area contributed by atoms with Gasteiger partial charge in [0.1, 0.15) is 0 Å². The summed E-state index contributed by atoms with van der Waals surface area (Å²) in [5.41, 5.74) is 2.68. The van der Waals surface area contributed by atoms with Gasteiger partial charge < -0.3 is 9.05 Å². The molecule has 5 heteroatoms. The number of hydrogen-bond donors (Lipinski definition) is 0. The van der Waals surface area contributed by atoms with Crippen LogP contribution in [0.5, 0.6) is 0 Å². The molecule has 2 aromatic rings. The van der Waals surface area contributed by atoms with Crippen molar-refractivity contribution in [1.82, 2.24) is 4.98 Å². The predicted octanol–water partition coefficient (Wildman–Crippen LogP) is 5.51. The quantitative estimate of drug-likeness (QED) is 0.414. The third-order valence-electron chi connectivity index (χ3n) is 3.91. The smallest absolute Gasteiger partial charge is 0.305 e. The van der Waals surface area contributed by atoms with Crippen LogP contribution in [-0.2, 0) is 13.6 Å². The molecule has 0 bridgehead atoms. The van der Waals surface area contributed by atoms with Crippen LogP contribution < -0.4 is 5.30 Å². The van der Waals surface area contributed by atoms with Gasteiger partial charge in [0.15, 0.2) is 0 Å². The minimum absolute atomic E-state index is 0.426. The summed E-state index contributed by atoms with van der Waals surface area (Å²) in [6, 6.07) is 11.5. The Labute approximate surface area is 151 Å². The van der Waals surface area contributed by atoms with Gasteiger partial charge in [0.05, 0.1) is 24.2 Å². The predicted molar refractivity (Wildman–Crippen MR) is 103 cm³/mol. The van der Waals surface area contributed by atoms with Gasteiger partial charge in [-0.1, -0.05) is 44.4 Å². The maximum atomic E-state index is 13.6. The molecule has 1 aromatic carbocycles. The molecule has 4 nitrogen and oxygen atoms in total. The molecule has 136 valence electrons. The Bertz CT molecular complexity index is 689. The molecule has 0 saturated carbocycles. The molecule has 25 heavy (non-hydrogen) atoms. The van der Waals surface area contributed by atoms with Crippen LogP contribution in [0.15, 0.2) is 42.6 Å². The highest BCUT2D eigenvalue weighted by Crippen LogP contribution is 2.49. The van der Waals surface area contributed by atoms with Crippen LogP contribution in [0.25, 0.3) is 11.3 Å². The molecule has 0 spiro atoms. The number of aryl methyl sites for hydroxylation is 1. The number of hydrogen-bond acceptors (Lipinski definition) is 4. The van der Waals surface area contributed by atoms with Gasteiger partial charge in [-0.05, 0) is 44.0 Å². The first kappa shape index (κ1) is 19.8. The summed E-state index contributed by atoms with van der Waals surface area (Å²) >= 11 is 0. The van der Waals surface area contributed by atoms with Gasteiger partial charge in [-0.25, -0.2) is 0 Å². The van der Waals surface area contributed by atoms with Crippen molar-refractivity contribution in [3.05, 3.63) is 48.2 Å². The van der Waals surface area contributed by atoms with E-state index in [1.807, 2.05) is 43.3 Å². The lowest BCUT2D eigenvalue weighted by atomic mass is 10.1. The largest absolute Gasteiger partial charge is 0.362 e. The van der Waals surface area contributed by atoms with Crippen molar-refractivity contribution in [3.63, 3.8) is 0 Å². The number of pyridine rings is 1. The molecule has 0 fully saturated rings. The van der Waals surface area contributed by atoms with E-state index in [1.54, 1.807) is 6.20 Å². The molecule has 0 radical (unpaired) electrons. The summed E-state index contributed by atoms with van der Waals surface area (Å²) in [5.74, 6) is 0. The van der Waals surface area contributed by atoms with E-state index in [2.05, 4.69) is 18.8 Å². The monoisotopic (exact) mass is 361 g/mol. The van der Waals surface area contributed by atoms with Gasteiger partial charge in [0, 0.05) is 11.8 Å². The van der Waals surface area contributed by atoms with Gasteiger partial charge in [-0.3, -0.25) is 9.55 Å². The number of unbranched alkanes of at least 4 members (excludes halogenated alkanes) is 2. The van der Waals surface area contributed by atoms with Crippen molar-refractivity contribution in [2.75, 3.05) is 13.2 Å². The van der Waals surface area contributed by atoms with Crippen molar-refractivity contribution in [2.45, 2.75) is 46.5 Å². The second-order valence-corrected chi connectivity index (χ2v) is 8.10. The zero-order valence-electron chi connectivity index (χ0n) is 15.4. The lowest BCUT2D eigenvalue weighted by Gasteiger charge is -2.21. The van der Waals surface area contributed by atoms with Gasteiger partial charge >= 0.3 is 7.60 Å². The summed E-state index contributed by atoms with van der Waals surface area (Å²) in [6.07, 6.45) is 5.41. The third kappa shape index (κ3) is 5.50. The molecule has 0 amide bonds. The van der Waals surface area contributed by atoms with E-state index >= 15 is 0 Å². The molecule has 0 atom stereocenters. The average Bonchev–Trinajstić information content (AvgIpc) is 2.63. The maximum Gasteiger partial charge on any atom is 0.362 e. The first-order chi connectivity index (χ1) is 12.1. The zero-order valence-corrected chi connectivity index (χ0v) is 16.3. The van der Waals surface area contributed by atoms with Crippen molar-refractivity contribution >= 4 is 12.9 Å². The Morgan fingerprint density at radius 1 is 1.00 bits per heavy atom. The van der Waals surface area contributed by atoms with Gasteiger partial charge in [-0.15, -0.1) is 0 Å².